The number of halogens is 3. The lowest BCUT2D eigenvalue weighted by Crippen LogP contribution is -2.37. The number of benzene rings is 1. The largest absolute Gasteiger partial charge is 0.416 e. The van der Waals surface area contributed by atoms with Crippen molar-refractivity contribution in [1.29, 1.82) is 0 Å². The summed E-state index contributed by atoms with van der Waals surface area (Å²) in [7, 11) is 1.88. The van der Waals surface area contributed by atoms with Crippen LogP contribution >= 0.6 is 11.8 Å². The van der Waals surface area contributed by atoms with Crippen LogP contribution in [0.1, 0.15) is 23.6 Å². The van der Waals surface area contributed by atoms with Crippen LogP contribution in [0.4, 0.5) is 19.1 Å². The summed E-state index contributed by atoms with van der Waals surface area (Å²) < 4.78 is 51.4. The molecule has 1 atom stereocenters. The average molecular weight is 440 g/mol. The highest BCUT2D eigenvalue weighted by Crippen LogP contribution is 2.35. The number of hydrogen-bond acceptors (Lipinski definition) is 8. The number of rotatable bonds is 5. The zero-order valence-electron chi connectivity index (χ0n) is 16.3. The third-order valence-corrected chi connectivity index (χ3v) is 5.75. The number of aromatic nitrogens is 5. The van der Waals surface area contributed by atoms with Gasteiger partial charge in [-0.2, -0.15) is 18.2 Å². The molecule has 0 bridgehead atoms. The molecule has 12 heteroatoms. The minimum atomic E-state index is -4.44. The molecule has 3 heterocycles. The highest BCUT2D eigenvalue weighted by molar-refractivity contribution is 7.99. The maximum absolute atomic E-state index is 12.9. The highest BCUT2D eigenvalue weighted by Gasteiger charge is 2.31. The van der Waals surface area contributed by atoms with Gasteiger partial charge in [0.25, 0.3) is 0 Å². The minimum absolute atomic E-state index is 0.107. The van der Waals surface area contributed by atoms with Crippen molar-refractivity contribution in [3.8, 4) is 11.4 Å². The first-order chi connectivity index (χ1) is 14.3. The molecule has 0 aliphatic carbocycles. The Morgan fingerprint density at radius 2 is 1.93 bits per heavy atom. The van der Waals surface area contributed by atoms with Gasteiger partial charge < -0.3 is 14.2 Å². The molecule has 2 aromatic heterocycles. The molecule has 1 saturated heterocycles. The summed E-state index contributed by atoms with van der Waals surface area (Å²) in [5, 5.41) is 12.7. The number of hydrogen-bond donors (Lipinski definition) is 0. The first kappa shape index (κ1) is 20.7. The van der Waals surface area contributed by atoms with Crippen LogP contribution in [0.25, 0.3) is 11.4 Å². The summed E-state index contributed by atoms with van der Waals surface area (Å²) >= 11 is 1.38. The van der Waals surface area contributed by atoms with E-state index in [0.29, 0.717) is 24.3 Å². The van der Waals surface area contributed by atoms with Crippen LogP contribution in [-0.2, 0) is 18.0 Å². The van der Waals surface area contributed by atoms with Crippen molar-refractivity contribution < 1.29 is 22.4 Å². The first-order valence-corrected chi connectivity index (χ1v) is 10.1. The van der Waals surface area contributed by atoms with Gasteiger partial charge >= 0.3 is 6.18 Å². The minimum Gasteiger partial charge on any atom is -0.378 e. The van der Waals surface area contributed by atoms with Crippen LogP contribution in [0, 0.1) is 0 Å². The second-order valence-corrected chi connectivity index (χ2v) is 8.04. The summed E-state index contributed by atoms with van der Waals surface area (Å²) in [4.78, 5) is 6.38. The highest BCUT2D eigenvalue weighted by atomic mass is 32.2. The van der Waals surface area contributed by atoms with Crippen molar-refractivity contribution in [3.05, 3.63) is 35.7 Å². The molecule has 0 saturated carbocycles. The Balaban J connectivity index is 1.49. The van der Waals surface area contributed by atoms with Gasteiger partial charge in [-0.3, -0.25) is 4.57 Å². The van der Waals surface area contributed by atoms with Gasteiger partial charge in [-0.25, -0.2) is 0 Å². The average Bonchev–Trinajstić information content (AvgIpc) is 3.36. The van der Waals surface area contributed by atoms with Crippen LogP contribution in [0.5, 0.6) is 0 Å². The molecule has 1 unspecified atom stereocenters. The number of alkyl halides is 3. The number of thioether (sulfide) groups is 1. The van der Waals surface area contributed by atoms with E-state index in [9.17, 15) is 13.2 Å². The van der Waals surface area contributed by atoms with E-state index in [1.54, 1.807) is 0 Å². The standard InChI is InChI=1S/C18H19F3N6O2S/c1-11(30-17-24-23-16(26(17)2)27-6-8-28-9-7-27)15-22-14(25-29-15)12-4-3-5-13(10-12)18(19,20)21/h3-5,10-11H,6-9H2,1-2H3. The zero-order chi connectivity index (χ0) is 21.3. The lowest BCUT2D eigenvalue weighted by molar-refractivity contribution is -0.137. The smallest absolute Gasteiger partial charge is 0.378 e. The van der Waals surface area contributed by atoms with E-state index in [4.69, 9.17) is 9.26 Å². The summed E-state index contributed by atoms with van der Waals surface area (Å²) in [5.41, 5.74) is -0.520. The lowest BCUT2D eigenvalue weighted by Gasteiger charge is -2.27. The molecule has 8 nitrogen and oxygen atoms in total. The Bertz CT molecular complexity index is 1020. The summed E-state index contributed by atoms with van der Waals surface area (Å²) in [6.45, 7) is 4.64. The zero-order valence-corrected chi connectivity index (χ0v) is 17.1. The Morgan fingerprint density at radius 1 is 1.17 bits per heavy atom. The fraction of sp³-hybridized carbons (Fsp3) is 0.444. The maximum Gasteiger partial charge on any atom is 0.416 e. The second kappa shape index (κ2) is 8.26. The predicted molar refractivity (Wildman–Crippen MR) is 103 cm³/mol. The van der Waals surface area contributed by atoms with Gasteiger partial charge in [-0.15, -0.1) is 10.2 Å². The Hall–Kier alpha value is -2.60. The van der Waals surface area contributed by atoms with Crippen molar-refractivity contribution >= 4 is 17.7 Å². The van der Waals surface area contributed by atoms with Gasteiger partial charge in [0.1, 0.15) is 0 Å². The number of anilines is 1. The van der Waals surface area contributed by atoms with Gasteiger partial charge in [-0.05, 0) is 19.1 Å². The summed E-state index contributed by atoms with van der Waals surface area (Å²) in [6, 6.07) is 4.84. The monoisotopic (exact) mass is 440 g/mol. The molecule has 1 aliphatic heterocycles. The van der Waals surface area contributed by atoms with E-state index in [1.807, 2.05) is 18.5 Å². The van der Waals surface area contributed by atoms with E-state index >= 15 is 0 Å². The van der Waals surface area contributed by atoms with Crippen molar-refractivity contribution in [3.63, 3.8) is 0 Å². The molecule has 1 fully saturated rings. The van der Waals surface area contributed by atoms with E-state index in [1.165, 1.54) is 23.9 Å². The fourth-order valence-electron chi connectivity index (χ4n) is 3.01. The van der Waals surface area contributed by atoms with Crippen molar-refractivity contribution in [2.45, 2.75) is 23.5 Å². The fourth-order valence-corrected chi connectivity index (χ4v) is 3.85. The normalized spacial score (nSPS) is 16.1. The molecule has 4 rings (SSSR count). The van der Waals surface area contributed by atoms with Crippen LogP contribution in [0.3, 0.4) is 0 Å². The predicted octanol–water partition coefficient (Wildman–Crippen LogP) is 3.57. The Morgan fingerprint density at radius 3 is 2.67 bits per heavy atom. The molecule has 160 valence electrons. The number of ether oxygens (including phenoxy) is 1. The molecule has 0 spiro atoms. The quantitative estimate of drug-likeness (QED) is 0.557. The second-order valence-electron chi connectivity index (χ2n) is 6.74. The van der Waals surface area contributed by atoms with Gasteiger partial charge in [0, 0.05) is 25.7 Å². The summed E-state index contributed by atoms with van der Waals surface area (Å²) in [5.74, 6) is 1.15. The van der Waals surface area contributed by atoms with E-state index in [0.717, 1.165) is 31.2 Å². The molecule has 1 aromatic carbocycles. The third-order valence-electron chi connectivity index (χ3n) is 4.63. The Labute approximate surface area is 174 Å². The van der Waals surface area contributed by atoms with Crippen LogP contribution in [0.2, 0.25) is 0 Å². The van der Waals surface area contributed by atoms with Crippen molar-refractivity contribution in [2.75, 3.05) is 31.2 Å². The van der Waals surface area contributed by atoms with Crippen molar-refractivity contribution in [1.82, 2.24) is 24.9 Å². The molecular formula is C18H19F3N6O2S. The molecule has 0 radical (unpaired) electrons. The van der Waals surface area contributed by atoms with E-state index in [2.05, 4.69) is 25.2 Å². The van der Waals surface area contributed by atoms with Crippen LogP contribution in [-0.4, -0.2) is 51.2 Å². The molecule has 30 heavy (non-hydrogen) atoms. The van der Waals surface area contributed by atoms with Gasteiger partial charge in [0.05, 0.1) is 24.0 Å². The van der Waals surface area contributed by atoms with E-state index in [-0.39, 0.29) is 16.6 Å². The molecule has 0 N–H and O–H groups in total. The Kier molecular flexibility index (Phi) is 5.69. The van der Waals surface area contributed by atoms with Crippen LogP contribution < -0.4 is 4.90 Å². The van der Waals surface area contributed by atoms with E-state index < -0.39 is 11.7 Å². The lowest BCUT2D eigenvalue weighted by atomic mass is 10.1. The molecule has 1 aliphatic rings. The SMILES string of the molecule is CC(Sc1nnc(N2CCOCC2)n1C)c1nc(-c2cccc(C(F)(F)F)c2)no1. The van der Waals surface area contributed by atoms with Gasteiger partial charge in [-0.1, -0.05) is 29.1 Å². The third kappa shape index (κ3) is 4.29. The van der Waals surface area contributed by atoms with Gasteiger partial charge in [0.2, 0.25) is 17.7 Å². The molecule has 3 aromatic rings. The maximum atomic E-state index is 12.9. The van der Waals surface area contributed by atoms with Crippen LogP contribution in [0.15, 0.2) is 33.9 Å². The van der Waals surface area contributed by atoms with Gasteiger partial charge in [0.15, 0.2) is 5.16 Å². The van der Waals surface area contributed by atoms with Crippen molar-refractivity contribution in [2.24, 2.45) is 7.05 Å². The number of morpholine rings is 1. The molecule has 0 amide bonds. The topological polar surface area (TPSA) is 82.1 Å². The first-order valence-electron chi connectivity index (χ1n) is 9.23. The summed E-state index contributed by atoms with van der Waals surface area (Å²) in [6.07, 6.45) is -4.44. The number of nitrogens with zero attached hydrogens (tertiary/aromatic N) is 6. The molecular weight excluding hydrogens is 421 g/mol.